The molecule has 4 nitrogen and oxygen atoms in total. The van der Waals surface area contributed by atoms with Crippen molar-refractivity contribution in [3.63, 3.8) is 0 Å². The van der Waals surface area contributed by atoms with Gasteiger partial charge >= 0.3 is 59.1 Å². The van der Waals surface area contributed by atoms with Gasteiger partial charge in [0.25, 0.3) is 0 Å². The van der Waals surface area contributed by atoms with Gasteiger partial charge < -0.3 is 19.5 Å². The Morgan fingerprint density at radius 2 is 2.10 bits per heavy atom. The molecule has 0 radical (unpaired) electrons. The maximum absolute atomic E-state index is 9.61. The van der Waals surface area contributed by atoms with Crippen LogP contribution in [-0.4, -0.2) is 10.3 Å². The van der Waals surface area contributed by atoms with Crippen LogP contribution in [-0.2, 0) is 4.31 Å². The van der Waals surface area contributed by atoms with E-state index in [1.807, 2.05) is 0 Å². The third-order valence-corrected chi connectivity index (χ3v) is 1.97. The summed E-state index contributed by atoms with van der Waals surface area (Å²) >= 11 is 0. The first-order valence-electron chi connectivity index (χ1n) is 1.76. The molecule has 8 heteroatoms. The van der Waals surface area contributed by atoms with E-state index in [0.717, 1.165) is 0 Å². The molecule has 2 N–H and O–H groups in total. The Kier molecular flexibility index (Phi) is 20.8. The summed E-state index contributed by atoms with van der Waals surface area (Å²) in [7, 11) is -2.84. The molecule has 48 valence electrons. The van der Waals surface area contributed by atoms with Crippen molar-refractivity contribution in [3.05, 3.63) is 0 Å². The van der Waals surface area contributed by atoms with Crippen molar-refractivity contribution in [2.24, 2.45) is 0 Å². The van der Waals surface area contributed by atoms with Crippen molar-refractivity contribution >= 4 is 22.9 Å². The van der Waals surface area contributed by atoms with Gasteiger partial charge in [-0.2, -0.15) is 0 Å². The average molecular weight is 200 g/mol. The van der Waals surface area contributed by atoms with Crippen LogP contribution in [0.15, 0.2) is 0 Å². The minimum absolute atomic E-state index is 0. The first-order chi connectivity index (χ1) is 3.68. The summed E-state index contributed by atoms with van der Waals surface area (Å²) < 4.78 is 4.17. The molecule has 2 unspecified atom stereocenters. The van der Waals surface area contributed by atoms with Crippen molar-refractivity contribution in [2.45, 2.75) is 6.92 Å². The Morgan fingerprint density at radius 3 is 2.20 bits per heavy atom. The molecule has 0 aliphatic rings. The van der Waals surface area contributed by atoms with Gasteiger partial charge in [-0.05, 0) is 6.92 Å². The first kappa shape index (κ1) is 18.2. The number of rotatable bonds is 3. The van der Waals surface area contributed by atoms with E-state index in [9.17, 15) is 4.89 Å². The van der Waals surface area contributed by atoms with E-state index in [1.165, 1.54) is 6.92 Å². The van der Waals surface area contributed by atoms with Gasteiger partial charge in [0.1, 0.15) is 0 Å². The maximum Gasteiger partial charge on any atom is 1.00 e. The summed E-state index contributed by atoms with van der Waals surface area (Å²) in [5, 5.41) is 6.72. The fourth-order valence-corrected chi connectivity index (χ4v) is 0.934. The standard InChI is InChI=1S/C2H6NO3P2.2Na/c1-2(3)8(5)6-7-4;;/h3,5,7H,1H3;;/q-1;2*+1. The molecular weight excluding hydrogens is 194 g/mol. The van der Waals surface area contributed by atoms with Crippen LogP contribution in [0, 0.1) is 5.41 Å². The first-order valence-corrected chi connectivity index (χ1v) is 3.79. The van der Waals surface area contributed by atoms with Crippen LogP contribution < -0.4 is 64.0 Å². The molecule has 0 aromatic heterocycles. The van der Waals surface area contributed by atoms with Crippen molar-refractivity contribution in [2.75, 3.05) is 0 Å². The predicted octanol–water partition coefficient (Wildman–Crippen LogP) is -5.82. The molecule has 0 spiro atoms. The van der Waals surface area contributed by atoms with E-state index in [-0.39, 0.29) is 64.6 Å². The second kappa shape index (κ2) is 11.4. The van der Waals surface area contributed by atoms with E-state index in [2.05, 4.69) is 4.31 Å². The minimum atomic E-state index is -1.86. The van der Waals surface area contributed by atoms with E-state index in [4.69, 9.17) is 10.3 Å². The third kappa shape index (κ3) is 10.4. The molecule has 0 fully saturated rings. The molecule has 0 aromatic rings. The monoisotopic (exact) mass is 200 g/mol. The summed E-state index contributed by atoms with van der Waals surface area (Å²) in [5.41, 5.74) is 0.0170. The van der Waals surface area contributed by atoms with Crippen LogP contribution >= 0.6 is 17.4 Å². The summed E-state index contributed by atoms with van der Waals surface area (Å²) in [6, 6.07) is 0. The fraction of sp³-hybridized carbons (Fsp3) is 0.500. The van der Waals surface area contributed by atoms with Gasteiger partial charge in [-0.1, -0.05) is 9.03 Å². The SMILES string of the molecule is CC(=N)P(O)OP[O-].[Na+].[Na+]. The van der Waals surface area contributed by atoms with Crippen LogP contribution in [0.1, 0.15) is 6.92 Å². The molecule has 0 bridgehead atoms. The largest absolute Gasteiger partial charge is 1.00 e. The van der Waals surface area contributed by atoms with Gasteiger partial charge in [0.2, 0.25) is 8.38 Å². The summed E-state index contributed by atoms with van der Waals surface area (Å²) in [4.78, 5) is 18.2. The maximum atomic E-state index is 9.61. The van der Waals surface area contributed by atoms with Gasteiger partial charge in [-0.15, -0.1) is 0 Å². The quantitative estimate of drug-likeness (QED) is 0.270. The smallest absolute Gasteiger partial charge is 0.810 e. The Morgan fingerprint density at radius 1 is 1.70 bits per heavy atom. The zero-order valence-electron chi connectivity index (χ0n) is 6.21. The van der Waals surface area contributed by atoms with Crippen molar-refractivity contribution in [1.82, 2.24) is 0 Å². The third-order valence-electron chi connectivity index (χ3n) is 0.411. The van der Waals surface area contributed by atoms with E-state index in [0.29, 0.717) is 0 Å². The van der Waals surface area contributed by atoms with Gasteiger partial charge in [0.15, 0.2) is 0 Å². The second-order valence-corrected chi connectivity index (χ2v) is 3.15. The van der Waals surface area contributed by atoms with Crippen molar-refractivity contribution < 1.29 is 73.2 Å². The zero-order valence-corrected chi connectivity index (χ0v) is 12.1. The van der Waals surface area contributed by atoms with E-state index >= 15 is 0 Å². The van der Waals surface area contributed by atoms with Crippen molar-refractivity contribution in [1.29, 1.82) is 5.41 Å². The molecule has 0 rings (SSSR count). The number of hydrogen-bond acceptors (Lipinski definition) is 4. The molecule has 0 aliphatic carbocycles. The molecule has 0 aromatic carbocycles. The minimum Gasteiger partial charge on any atom is -0.810 e. The van der Waals surface area contributed by atoms with Gasteiger partial charge in [0, 0.05) is 0 Å². The Balaban J connectivity index is -0.000000245. The molecular formula is C2H6NNa2O3P2+. The summed E-state index contributed by atoms with van der Waals surface area (Å²) in [5.74, 6) is 0. The molecule has 0 aliphatic heterocycles. The van der Waals surface area contributed by atoms with Gasteiger partial charge in [-0.3, -0.25) is 0 Å². The molecule has 0 amide bonds. The van der Waals surface area contributed by atoms with Crippen LogP contribution in [0.3, 0.4) is 0 Å². The molecule has 10 heavy (non-hydrogen) atoms. The Bertz CT molecular complexity index is 94.6. The molecule has 0 saturated heterocycles. The molecule has 0 heterocycles. The normalized spacial score (nSPS) is 11.9. The van der Waals surface area contributed by atoms with E-state index in [1.54, 1.807) is 0 Å². The number of hydrogen-bond donors (Lipinski definition) is 2. The van der Waals surface area contributed by atoms with Crippen LogP contribution in [0.2, 0.25) is 0 Å². The Labute approximate surface area is 107 Å². The second-order valence-electron chi connectivity index (χ2n) is 1.03. The van der Waals surface area contributed by atoms with Crippen LogP contribution in [0.25, 0.3) is 0 Å². The zero-order chi connectivity index (χ0) is 6.57. The summed E-state index contributed by atoms with van der Waals surface area (Å²) in [6.45, 7) is 1.39. The molecule has 0 saturated carbocycles. The van der Waals surface area contributed by atoms with Gasteiger partial charge in [-0.25, -0.2) is 0 Å². The van der Waals surface area contributed by atoms with Crippen molar-refractivity contribution in [3.8, 4) is 0 Å². The van der Waals surface area contributed by atoms with Gasteiger partial charge in [0.05, 0.1) is 5.45 Å². The Hall–Kier alpha value is 2.41. The van der Waals surface area contributed by atoms with Crippen LogP contribution in [0.4, 0.5) is 0 Å². The fourth-order valence-electron chi connectivity index (χ4n) is 0.104. The van der Waals surface area contributed by atoms with E-state index < -0.39 is 17.4 Å². The predicted molar refractivity (Wildman–Crippen MR) is 31.9 cm³/mol. The number of nitrogens with one attached hydrogen (secondary N) is 1. The summed E-state index contributed by atoms with van der Waals surface area (Å²) in [6.07, 6.45) is 0. The topological polar surface area (TPSA) is 76.4 Å². The molecule has 2 atom stereocenters. The van der Waals surface area contributed by atoms with Crippen LogP contribution in [0.5, 0.6) is 0 Å². The average Bonchev–Trinajstić information content (AvgIpc) is 1.67.